The SMILES string of the molecule is CNCC(C)C(=O)NCCCc1cc(N)n(-c2ccccc2)n1. The Kier molecular flexibility index (Phi) is 6.17. The van der Waals surface area contributed by atoms with Gasteiger partial charge in [0.15, 0.2) is 0 Å². The molecular formula is C17H25N5O. The molecule has 2 aromatic rings. The standard InChI is InChI=1S/C17H25N5O/c1-13(12-19-2)17(23)20-10-6-7-14-11-16(18)22(21-14)15-8-4-3-5-9-15/h3-5,8-9,11,13,19H,6-7,10,12,18H2,1-2H3,(H,20,23). The molecule has 0 saturated carbocycles. The van der Waals surface area contributed by atoms with Crippen LogP contribution in [0.4, 0.5) is 5.82 Å². The monoisotopic (exact) mass is 315 g/mol. The number of aromatic nitrogens is 2. The van der Waals surface area contributed by atoms with Crippen LogP contribution in [0.15, 0.2) is 36.4 Å². The second-order valence-electron chi connectivity index (χ2n) is 5.66. The number of nitrogen functional groups attached to an aromatic ring is 1. The smallest absolute Gasteiger partial charge is 0.224 e. The van der Waals surface area contributed by atoms with Gasteiger partial charge in [0.25, 0.3) is 0 Å². The number of para-hydroxylation sites is 1. The summed E-state index contributed by atoms with van der Waals surface area (Å²) >= 11 is 0. The number of benzene rings is 1. The summed E-state index contributed by atoms with van der Waals surface area (Å²) in [5.74, 6) is 0.680. The van der Waals surface area contributed by atoms with Gasteiger partial charge in [-0.1, -0.05) is 25.1 Å². The molecule has 1 amide bonds. The Balaban J connectivity index is 1.82. The van der Waals surface area contributed by atoms with Gasteiger partial charge in [0, 0.05) is 25.1 Å². The normalized spacial score (nSPS) is 12.1. The summed E-state index contributed by atoms with van der Waals surface area (Å²) in [4.78, 5) is 11.8. The lowest BCUT2D eigenvalue weighted by molar-refractivity contribution is -0.124. The van der Waals surface area contributed by atoms with Crippen LogP contribution >= 0.6 is 0 Å². The van der Waals surface area contributed by atoms with E-state index in [2.05, 4.69) is 15.7 Å². The number of hydrogen-bond acceptors (Lipinski definition) is 4. The molecule has 0 bridgehead atoms. The summed E-state index contributed by atoms with van der Waals surface area (Å²) in [5.41, 5.74) is 7.91. The molecular weight excluding hydrogens is 290 g/mol. The number of nitrogens with one attached hydrogen (secondary N) is 2. The zero-order valence-corrected chi connectivity index (χ0v) is 13.7. The molecule has 0 radical (unpaired) electrons. The van der Waals surface area contributed by atoms with Crippen molar-refractivity contribution in [1.29, 1.82) is 0 Å². The topological polar surface area (TPSA) is 85.0 Å². The van der Waals surface area contributed by atoms with Crippen molar-refractivity contribution in [2.24, 2.45) is 5.92 Å². The largest absolute Gasteiger partial charge is 0.384 e. The van der Waals surface area contributed by atoms with Crippen LogP contribution in [0.5, 0.6) is 0 Å². The van der Waals surface area contributed by atoms with Gasteiger partial charge in [-0.25, -0.2) is 4.68 Å². The number of hydrogen-bond donors (Lipinski definition) is 3. The van der Waals surface area contributed by atoms with E-state index in [1.807, 2.05) is 50.4 Å². The summed E-state index contributed by atoms with van der Waals surface area (Å²) in [6.07, 6.45) is 1.62. The third kappa shape index (κ3) is 4.82. The molecule has 0 aliphatic rings. The minimum Gasteiger partial charge on any atom is -0.384 e. The van der Waals surface area contributed by atoms with Crippen molar-refractivity contribution in [1.82, 2.24) is 20.4 Å². The highest BCUT2D eigenvalue weighted by Crippen LogP contribution is 2.14. The average molecular weight is 315 g/mol. The summed E-state index contributed by atoms with van der Waals surface area (Å²) < 4.78 is 1.74. The van der Waals surface area contributed by atoms with E-state index in [0.29, 0.717) is 18.9 Å². The summed E-state index contributed by atoms with van der Waals surface area (Å²) in [6, 6.07) is 11.7. The molecule has 0 spiro atoms. The van der Waals surface area contributed by atoms with Gasteiger partial charge in [-0.3, -0.25) is 4.79 Å². The number of nitrogens with two attached hydrogens (primary N) is 1. The van der Waals surface area contributed by atoms with Crippen LogP contribution in [-0.2, 0) is 11.2 Å². The van der Waals surface area contributed by atoms with Crippen LogP contribution in [0, 0.1) is 5.92 Å². The first kappa shape index (κ1) is 17.0. The molecule has 1 atom stereocenters. The second-order valence-corrected chi connectivity index (χ2v) is 5.66. The van der Waals surface area contributed by atoms with Gasteiger partial charge >= 0.3 is 0 Å². The predicted molar refractivity (Wildman–Crippen MR) is 92.4 cm³/mol. The fourth-order valence-electron chi connectivity index (χ4n) is 2.40. The van der Waals surface area contributed by atoms with Gasteiger partial charge in [-0.15, -0.1) is 0 Å². The summed E-state index contributed by atoms with van der Waals surface area (Å²) in [6.45, 7) is 3.24. The van der Waals surface area contributed by atoms with Gasteiger partial charge in [0.2, 0.25) is 5.91 Å². The van der Waals surface area contributed by atoms with Crippen LogP contribution in [0.1, 0.15) is 19.0 Å². The predicted octanol–water partition coefficient (Wildman–Crippen LogP) is 1.36. The Labute approximate surface area is 137 Å². The molecule has 6 heteroatoms. The Morgan fingerprint density at radius 2 is 2.09 bits per heavy atom. The van der Waals surface area contributed by atoms with Crippen LogP contribution in [0.2, 0.25) is 0 Å². The van der Waals surface area contributed by atoms with E-state index in [9.17, 15) is 4.79 Å². The number of carbonyl (C=O) groups excluding carboxylic acids is 1. The van der Waals surface area contributed by atoms with E-state index in [1.54, 1.807) is 4.68 Å². The van der Waals surface area contributed by atoms with E-state index < -0.39 is 0 Å². The third-order valence-electron chi connectivity index (χ3n) is 3.66. The molecule has 23 heavy (non-hydrogen) atoms. The van der Waals surface area contributed by atoms with Crippen LogP contribution in [0.3, 0.4) is 0 Å². The molecule has 2 rings (SSSR count). The number of carbonyl (C=O) groups is 1. The molecule has 6 nitrogen and oxygen atoms in total. The zero-order valence-electron chi connectivity index (χ0n) is 13.7. The highest BCUT2D eigenvalue weighted by Gasteiger charge is 2.11. The van der Waals surface area contributed by atoms with Gasteiger partial charge in [-0.2, -0.15) is 5.10 Å². The van der Waals surface area contributed by atoms with Crippen molar-refractivity contribution in [3.05, 3.63) is 42.1 Å². The first-order chi connectivity index (χ1) is 11.1. The van der Waals surface area contributed by atoms with Crippen molar-refractivity contribution < 1.29 is 4.79 Å². The Morgan fingerprint density at radius 1 is 1.35 bits per heavy atom. The maximum Gasteiger partial charge on any atom is 0.224 e. The van der Waals surface area contributed by atoms with E-state index >= 15 is 0 Å². The zero-order chi connectivity index (χ0) is 16.7. The fraction of sp³-hybridized carbons (Fsp3) is 0.412. The molecule has 4 N–H and O–H groups in total. The molecule has 1 heterocycles. The van der Waals surface area contributed by atoms with Crippen LogP contribution in [0.25, 0.3) is 5.69 Å². The summed E-state index contributed by atoms with van der Waals surface area (Å²) in [5, 5.41) is 10.5. The number of nitrogens with zero attached hydrogens (tertiary/aromatic N) is 2. The molecule has 0 aliphatic carbocycles. The lowest BCUT2D eigenvalue weighted by atomic mass is 10.1. The van der Waals surface area contributed by atoms with E-state index in [1.165, 1.54) is 0 Å². The quantitative estimate of drug-likeness (QED) is 0.642. The molecule has 1 aromatic heterocycles. The van der Waals surface area contributed by atoms with Gasteiger partial charge in [0.1, 0.15) is 5.82 Å². The van der Waals surface area contributed by atoms with Gasteiger partial charge in [-0.05, 0) is 32.0 Å². The third-order valence-corrected chi connectivity index (χ3v) is 3.66. The van der Waals surface area contributed by atoms with Crippen molar-refractivity contribution in [2.45, 2.75) is 19.8 Å². The summed E-state index contributed by atoms with van der Waals surface area (Å²) in [7, 11) is 1.84. The Morgan fingerprint density at radius 3 is 2.78 bits per heavy atom. The lowest BCUT2D eigenvalue weighted by Gasteiger charge is -2.10. The van der Waals surface area contributed by atoms with E-state index in [4.69, 9.17) is 5.73 Å². The molecule has 124 valence electrons. The second kappa shape index (κ2) is 8.33. The first-order valence-corrected chi connectivity index (χ1v) is 7.94. The minimum atomic E-state index is -0.0204. The molecule has 1 unspecified atom stereocenters. The number of amides is 1. The average Bonchev–Trinajstić information content (AvgIpc) is 2.93. The lowest BCUT2D eigenvalue weighted by Crippen LogP contribution is -2.34. The Bertz CT molecular complexity index is 623. The van der Waals surface area contributed by atoms with Gasteiger partial charge < -0.3 is 16.4 Å². The van der Waals surface area contributed by atoms with Crippen LogP contribution < -0.4 is 16.4 Å². The first-order valence-electron chi connectivity index (χ1n) is 7.94. The highest BCUT2D eigenvalue weighted by atomic mass is 16.1. The molecule has 0 aliphatic heterocycles. The fourth-order valence-corrected chi connectivity index (χ4v) is 2.40. The van der Waals surface area contributed by atoms with E-state index in [-0.39, 0.29) is 11.8 Å². The molecule has 1 aromatic carbocycles. The molecule has 0 fully saturated rings. The van der Waals surface area contributed by atoms with Crippen molar-refractivity contribution in [3.8, 4) is 5.69 Å². The van der Waals surface area contributed by atoms with Crippen LogP contribution in [-0.4, -0.2) is 35.8 Å². The maximum atomic E-state index is 11.8. The number of rotatable bonds is 8. The Hall–Kier alpha value is -2.34. The van der Waals surface area contributed by atoms with E-state index in [0.717, 1.165) is 24.2 Å². The van der Waals surface area contributed by atoms with Crippen molar-refractivity contribution in [2.75, 3.05) is 25.9 Å². The number of aryl methyl sites for hydroxylation is 1. The van der Waals surface area contributed by atoms with Crippen molar-refractivity contribution >= 4 is 11.7 Å². The van der Waals surface area contributed by atoms with Gasteiger partial charge in [0.05, 0.1) is 11.4 Å². The minimum absolute atomic E-state index is 0.0204. The number of anilines is 1. The molecule has 0 saturated heterocycles. The highest BCUT2D eigenvalue weighted by molar-refractivity contribution is 5.78. The van der Waals surface area contributed by atoms with Crippen molar-refractivity contribution in [3.63, 3.8) is 0 Å². The maximum absolute atomic E-state index is 11.8.